The molecule has 0 atom stereocenters. The molecule has 0 bridgehead atoms. The van der Waals surface area contributed by atoms with Crippen molar-refractivity contribution in [1.82, 2.24) is 0 Å². The van der Waals surface area contributed by atoms with E-state index in [9.17, 15) is 4.79 Å². The summed E-state index contributed by atoms with van der Waals surface area (Å²) in [5.74, 6) is 0.918. The SMILES string of the molecule is CCSC(=[OH+])Cc1cccc2c1Cc1ccccc1-2. The smallest absolute Gasteiger partial charge is 0.271 e. The molecule has 19 heavy (non-hydrogen) atoms. The number of rotatable bonds is 3. The lowest BCUT2D eigenvalue weighted by molar-refractivity contribution is 0.678. The van der Waals surface area contributed by atoms with Gasteiger partial charge in [0, 0.05) is 5.75 Å². The number of benzene rings is 2. The summed E-state index contributed by atoms with van der Waals surface area (Å²) in [4.78, 5) is 9.93. The molecule has 0 heterocycles. The highest BCUT2D eigenvalue weighted by Gasteiger charge is 2.22. The normalized spacial score (nSPS) is 12.1. The van der Waals surface area contributed by atoms with Crippen molar-refractivity contribution in [3.63, 3.8) is 0 Å². The topological polar surface area (TPSA) is 21.4 Å². The second kappa shape index (κ2) is 5.22. The van der Waals surface area contributed by atoms with E-state index < -0.39 is 0 Å². The van der Waals surface area contributed by atoms with Gasteiger partial charge in [0.2, 0.25) is 0 Å². The molecule has 0 aliphatic heterocycles. The monoisotopic (exact) mass is 269 g/mol. The van der Waals surface area contributed by atoms with E-state index in [0.717, 1.165) is 12.2 Å². The first kappa shape index (κ1) is 12.5. The summed E-state index contributed by atoms with van der Waals surface area (Å²) in [5, 5.41) is 0.520. The lowest BCUT2D eigenvalue weighted by Crippen LogP contribution is -2.02. The van der Waals surface area contributed by atoms with E-state index in [1.165, 1.54) is 39.6 Å². The molecule has 1 N–H and O–H groups in total. The Kier molecular flexibility index (Phi) is 3.43. The molecule has 0 amide bonds. The van der Waals surface area contributed by atoms with E-state index in [4.69, 9.17) is 0 Å². The van der Waals surface area contributed by atoms with E-state index in [2.05, 4.69) is 49.4 Å². The van der Waals surface area contributed by atoms with Crippen LogP contribution in [0.4, 0.5) is 0 Å². The van der Waals surface area contributed by atoms with E-state index in [1.54, 1.807) is 0 Å². The summed E-state index contributed by atoms with van der Waals surface area (Å²) in [7, 11) is 0. The van der Waals surface area contributed by atoms with Crippen LogP contribution in [0.2, 0.25) is 0 Å². The molecule has 0 radical (unpaired) electrons. The van der Waals surface area contributed by atoms with Crippen molar-refractivity contribution in [2.24, 2.45) is 0 Å². The number of thioether (sulfide) groups is 1. The molecule has 2 heteroatoms. The molecular formula is C17H17OS+. The summed E-state index contributed by atoms with van der Waals surface area (Å²) < 4.78 is 0. The molecule has 1 nitrogen and oxygen atoms in total. The zero-order chi connectivity index (χ0) is 13.2. The fourth-order valence-corrected chi connectivity index (χ4v) is 3.36. The highest BCUT2D eigenvalue weighted by atomic mass is 32.2. The van der Waals surface area contributed by atoms with Crippen LogP contribution < -0.4 is 0 Å². The summed E-state index contributed by atoms with van der Waals surface area (Å²) >= 11 is 1.53. The molecule has 2 aromatic rings. The van der Waals surface area contributed by atoms with E-state index in [0.29, 0.717) is 11.5 Å². The van der Waals surface area contributed by atoms with Crippen LogP contribution in [0.1, 0.15) is 23.6 Å². The van der Waals surface area contributed by atoms with Gasteiger partial charge in [-0.3, -0.25) is 4.79 Å². The first-order valence-electron chi connectivity index (χ1n) is 6.66. The van der Waals surface area contributed by atoms with E-state index in [1.807, 2.05) is 0 Å². The molecular weight excluding hydrogens is 252 g/mol. The van der Waals surface area contributed by atoms with Crippen molar-refractivity contribution in [2.45, 2.75) is 19.8 Å². The molecule has 0 unspecified atom stereocenters. The number of hydrogen-bond acceptors (Lipinski definition) is 1. The highest BCUT2D eigenvalue weighted by Crippen LogP contribution is 2.38. The molecule has 2 aromatic carbocycles. The quantitative estimate of drug-likeness (QED) is 0.657. The van der Waals surface area contributed by atoms with Crippen molar-refractivity contribution in [2.75, 3.05) is 5.75 Å². The van der Waals surface area contributed by atoms with Gasteiger partial charge in [-0.1, -0.05) is 49.4 Å². The van der Waals surface area contributed by atoms with Crippen LogP contribution in [0, 0.1) is 0 Å². The van der Waals surface area contributed by atoms with Crippen LogP contribution >= 0.6 is 11.8 Å². The van der Waals surface area contributed by atoms with Crippen LogP contribution in [0.5, 0.6) is 0 Å². The summed E-state index contributed by atoms with van der Waals surface area (Å²) in [6.45, 7) is 2.06. The van der Waals surface area contributed by atoms with Gasteiger partial charge in [0.25, 0.3) is 0 Å². The fourth-order valence-electron chi connectivity index (χ4n) is 2.77. The van der Waals surface area contributed by atoms with Gasteiger partial charge in [0.15, 0.2) is 0 Å². The van der Waals surface area contributed by atoms with Crippen molar-refractivity contribution >= 4 is 16.9 Å². The lowest BCUT2D eigenvalue weighted by atomic mass is 10.00. The Morgan fingerprint density at radius 1 is 1.11 bits per heavy atom. The Morgan fingerprint density at radius 2 is 1.89 bits per heavy atom. The van der Waals surface area contributed by atoms with Crippen molar-refractivity contribution in [3.8, 4) is 11.1 Å². The van der Waals surface area contributed by atoms with Crippen LogP contribution in [0.3, 0.4) is 0 Å². The molecule has 0 aromatic heterocycles. The van der Waals surface area contributed by atoms with Gasteiger partial charge < -0.3 is 0 Å². The molecule has 1 aliphatic rings. The molecule has 0 spiro atoms. The molecule has 96 valence electrons. The van der Waals surface area contributed by atoms with E-state index in [-0.39, 0.29) is 0 Å². The van der Waals surface area contributed by atoms with Crippen LogP contribution in [0.25, 0.3) is 11.1 Å². The first-order valence-corrected chi connectivity index (χ1v) is 7.64. The predicted octanol–water partition coefficient (Wildman–Crippen LogP) is 4.06. The number of carbonyl (C=O) groups excluding carboxylic acids is 1. The van der Waals surface area contributed by atoms with Crippen molar-refractivity contribution < 1.29 is 4.79 Å². The Bertz CT molecular complexity index is 631. The Morgan fingerprint density at radius 3 is 2.74 bits per heavy atom. The van der Waals surface area contributed by atoms with Crippen LogP contribution in [-0.4, -0.2) is 15.7 Å². The van der Waals surface area contributed by atoms with Crippen LogP contribution in [0.15, 0.2) is 42.5 Å². The van der Waals surface area contributed by atoms with Crippen molar-refractivity contribution in [1.29, 1.82) is 0 Å². The van der Waals surface area contributed by atoms with E-state index >= 15 is 0 Å². The standard InChI is InChI=1S/C17H16OS/c1-2-19-17(18)11-13-7-5-9-15-14-8-4-3-6-12(14)10-16(13)15/h3-9H,2,10-11H2,1H3/p+1. The number of fused-ring (bicyclic) bond motifs is 3. The number of hydrogen-bond donors (Lipinski definition) is 0. The fraction of sp³-hybridized carbons (Fsp3) is 0.235. The maximum absolute atomic E-state index is 9.93. The van der Waals surface area contributed by atoms with Gasteiger partial charge in [-0.05, 0) is 46.0 Å². The molecule has 0 saturated heterocycles. The second-order valence-corrected chi connectivity index (χ2v) is 6.12. The third-order valence-electron chi connectivity index (χ3n) is 3.60. The highest BCUT2D eigenvalue weighted by molar-refractivity contribution is 8.13. The van der Waals surface area contributed by atoms with Gasteiger partial charge in [0.05, 0.1) is 6.42 Å². The minimum atomic E-state index is 0.520. The molecule has 0 fully saturated rings. The van der Waals surface area contributed by atoms with Gasteiger partial charge in [-0.25, -0.2) is 0 Å². The average molecular weight is 269 g/mol. The predicted molar refractivity (Wildman–Crippen MR) is 83.5 cm³/mol. The zero-order valence-corrected chi connectivity index (χ0v) is 11.8. The van der Waals surface area contributed by atoms with Gasteiger partial charge >= 0.3 is 5.12 Å². The second-order valence-electron chi connectivity index (χ2n) is 4.78. The van der Waals surface area contributed by atoms with Crippen molar-refractivity contribution in [3.05, 3.63) is 59.2 Å². The summed E-state index contributed by atoms with van der Waals surface area (Å²) in [5.41, 5.74) is 6.72. The maximum Gasteiger partial charge on any atom is 0.355 e. The lowest BCUT2D eigenvalue weighted by Gasteiger charge is -2.05. The third kappa shape index (κ3) is 2.33. The van der Waals surface area contributed by atoms with Gasteiger partial charge in [0.1, 0.15) is 0 Å². The minimum absolute atomic E-state index is 0.520. The summed E-state index contributed by atoms with van der Waals surface area (Å²) in [6.07, 6.45) is 1.65. The molecule has 0 saturated carbocycles. The Hall–Kier alpha value is -1.54. The summed E-state index contributed by atoms with van der Waals surface area (Å²) in [6, 6.07) is 15.0. The maximum atomic E-state index is 9.93. The van der Waals surface area contributed by atoms with Gasteiger partial charge in [-0.2, -0.15) is 0 Å². The Balaban J connectivity index is 1.97. The molecule has 3 rings (SSSR count). The molecule has 1 aliphatic carbocycles. The minimum Gasteiger partial charge on any atom is -0.271 e. The Labute approximate surface area is 118 Å². The van der Waals surface area contributed by atoms with Gasteiger partial charge in [-0.15, -0.1) is 0 Å². The zero-order valence-electron chi connectivity index (χ0n) is 11.0. The van der Waals surface area contributed by atoms with Crippen LogP contribution in [-0.2, 0) is 12.8 Å². The first-order chi connectivity index (χ1) is 9.29. The average Bonchev–Trinajstić information content (AvgIpc) is 2.79. The third-order valence-corrected chi connectivity index (χ3v) is 4.37. The largest absolute Gasteiger partial charge is 0.355 e.